The largest absolute Gasteiger partial charge is 0.461 e. The summed E-state index contributed by atoms with van der Waals surface area (Å²) in [5.74, 6) is 7.24. The van der Waals surface area contributed by atoms with Gasteiger partial charge in [-0.25, -0.2) is 4.68 Å². The molecule has 3 aromatic rings. The number of carbonyl (C=O) groups excluding carboxylic acids is 1. The minimum atomic E-state index is -0.416. The molecule has 8 heteroatoms. The van der Waals surface area contributed by atoms with E-state index in [0.29, 0.717) is 16.7 Å². The lowest BCUT2D eigenvalue weighted by Gasteiger charge is -2.30. The molecule has 1 amide bonds. The molecule has 0 radical (unpaired) electrons. The average molecular weight is 383 g/mol. The minimum absolute atomic E-state index is 0.0912. The van der Waals surface area contributed by atoms with E-state index in [1.165, 1.54) is 22.9 Å². The minimum Gasteiger partial charge on any atom is -0.461 e. The molecule has 1 aliphatic rings. The van der Waals surface area contributed by atoms with Crippen molar-refractivity contribution in [2.45, 2.75) is 29.7 Å². The van der Waals surface area contributed by atoms with Gasteiger partial charge in [-0.2, -0.15) is 0 Å². The molecule has 2 aromatic heterocycles. The van der Waals surface area contributed by atoms with E-state index in [1.807, 2.05) is 35.2 Å². The molecule has 27 heavy (non-hydrogen) atoms. The number of carbonyl (C=O) groups is 1. The lowest BCUT2D eigenvalue weighted by Crippen LogP contribution is -2.38. The zero-order valence-corrected chi connectivity index (χ0v) is 15.6. The monoisotopic (exact) mass is 383 g/mol. The molecule has 1 saturated heterocycles. The van der Waals surface area contributed by atoms with Gasteiger partial charge in [-0.05, 0) is 37.0 Å². The SMILES string of the molecule is Nn1c(S[C@@H](C(=O)N2CCCCC2)c2ccccc2)nnc1-c1ccco1. The van der Waals surface area contributed by atoms with E-state index in [-0.39, 0.29) is 5.91 Å². The van der Waals surface area contributed by atoms with E-state index < -0.39 is 5.25 Å². The van der Waals surface area contributed by atoms with E-state index in [4.69, 9.17) is 10.3 Å². The predicted molar refractivity (Wildman–Crippen MR) is 103 cm³/mol. The molecule has 1 fully saturated rings. The number of nitrogens with two attached hydrogens (primary N) is 1. The van der Waals surface area contributed by atoms with Gasteiger partial charge >= 0.3 is 0 Å². The van der Waals surface area contributed by atoms with Crippen molar-refractivity contribution in [1.82, 2.24) is 19.8 Å². The van der Waals surface area contributed by atoms with E-state index >= 15 is 0 Å². The molecule has 0 unspecified atom stereocenters. The highest BCUT2D eigenvalue weighted by molar-refractivity contribution is 8.00. The molecule has 0 spiro atoms. The van der Waals surface area contributed by atoms with Crippen LogP contribution in [0.1, 0.15) is 30.1 Å². The van der Waals surface area contributed by atoms with Crippen LogP contribution in [0.4, 0.5) is 0 Å². The van der Waals surface area contributed by atoms with Gasteiger partial charge in [0, 0.05) is 13.1 Å². The number of aromatic nitrogens is 3. The average Bonchev–Trinajstić information content (AvgIpc) is 3.37. The molecule has 0 saturated carbocycles. The number of thioether (sulfide) groups is 1. The zero-order chi connectivity index (χ0) is 18.6. The Hall–Kier alpha value is -2.74. The highest BCUT2D eigenvalue weighted by Gasteiger charge is 2.30. The van der Waals surface area contributed by atoms with Crippen molar-refractivity contribution in [3.8, 4) is 11.6 Å². The van der Waals surface area contributed by atoms with Crippen molar-refractivity contribution in [3.05, 3.63) is 54.3 Å². The maximum Gasteiger partial charge on any atom is 0.240 e. The Morgan fingerprint density at radius 1 is 1.07 bits per heavy atom. The Morgan fingerprint density at radius 3 is 2.56 bits per heavy atom. The van der Waals surface area contributed by atoms with Gasteiger partial charge in [0.15, 0.2) is 5.76 Å². The van der Waals surface area contributed by atoms with Crippen LogP contribution in [-0.2, 0) is 4.79 Å². The summed E-state index contributed by atoms with van der Waals surface area (Å²) in [4.78, 5) is 15.2. The standard InChI is InChI=1S/C19H21N5O2S/c20-24-17(15-10-7-13-26-15)21-22-19(24)27-16(14-8-3-1-4-9-14)18(25)23-11-5-2-6-12-23/h1,3-4,7-10,13,16H,2,5-6,11-12,20H2/t16-/m1/s1. The fourth-order valence-electron chi connectivity index (χ4n) is 3.21. The number of furan rings is 1. The van der Waals surface area contributed by atoms with Crippen molar-refractivity contribution in [1.29, 1.82) is 0 Å². The maximum absolute atomic E-state index is 13.2. The molecular formula is C19H21N5O2S. The molecule has 0 aliphatic carbocycles. The van der Waals surface area contributed by atoms with Gasteiger partial charge in [-0.15, -0.1) is 10.2 Å². The molecule has 7 nitrogen and oxygen atoms in total. The van der Waals surface area contributed by atoms with Gasteiger partial charge in [0.2, 0.25) is 16.9 Å². The van der Waals surface area contributed by atoms with Crippen LogP contribution in [0.25, 0.3) is 11.6 Å². The van der Waals surface area contributed by atoms with E-state index in [1.54, 1.807) is 18.4 Å². The Kier molecular flexibility index (Phi) is 5.15. The van der Waals surface area contributed by atoms with Crippen LogP contribution in [0, 0.1) is 0 Å². The summed E-state index contributed by atoms with van der Waals surface area (Å²) in [6, 6.07) is 13.3. The van der Waals surface area contributed by atoms with Crippen molar-refractivity contribution >= 4 is 17.7 Å². The van der Waals surface area contributed by atoms with E-state index in [2.05, 4.69) is 10.2 Å². The van der Waals surface area contributed by atoms with Gasteiger partial charge in [-0.1, -0.05) is 42.1 Å². The van der Waals surface area contributed by atoms with Crippen molar-refractivity contribution in [2.75, 3.05) is 18.9 Å². The maximum atomic E-state index is 13.2. The number of nitrogens with zero attached hydrogens (tertiary/aromatic N) is 4. The van der Waals surface area contributed by atoms with Crippen LogP contribution in [0.2, 0.25) is 0 Å². The lowest BCUT2D eigenvalue weighted by atomic mass is 10.1. The van der Waals surface area contributed by atoms with Crippen LogP contribution in [-0.4, -0.2) is 38.8 Å². The smallest absolute Gasteiger partial charge is 0.240 e. The van der Waals surface area contributed by atoms with Crippen molar-refractivity contribution in [2.24, 2.45) is 0 Å². The number of piperidine rings is 1. The van der Waals surface area contributed by atoms with Crippen LogP contribution in [0.15, 0.2) is 58.3 Å². The highest BCUT2D eigenvalue weighted by atomic mass is 32.2. The van der Waals surface area contributed by atoms with Gasteiger partial charge in [0.05, 0.1) is 6.26 Å². The van der Waals surface area contributed by atoms with E-state index in [9.17, 15) is 4.79 Å². The summed E-state index contributed by atoms with van der Waals surface area (Å²) >= 11 is 1.32. The summed E-state index contributed by atoms with van der Waals surface area (Å²) in [7, 11) is 0. The molecule has 140 valence electrons. The van der Waals surface area contributed by atoms with Crippen LogP contribution in [0.3, 0.4) is 0 Å². The van der Waals surface area contributed by atoms with Crippen molar-refractivity contribution < 1.29 is 9.21 Å². The summed E-state index contributed by atoms with van der Waals surface area (Å²) in [5, 5.41) is 8.37. The first-order valence-corrected chi connectivity index (χ1v) is 9.87. The van der Waals surface area contributed by atoms with Gasteiger partial charge in [-0.3, -0.25) is 4.79 Å². The van der Waals surface area contributed by atoms with Gasteiger partial charge in [0.25, 0.3) is 0 Å². The van der Waals surface area contributed by atoms with Crippen LogP contribution < -0.4 is 5.84 Å². The number of hydrogen-bond donors (Lipinski definition) is 1. The Bertz CT molecular complexity index is 888. The van der Waals surface area contributed by atoms with Gasteiger partial charge < -0.3 is 15.2 Å². The first kappa shape index (κ1) is 17.7. The quantitative estimate of drug-likeness (QED) is 0.538. The molecule has 1 aromatic carbocycles. The van der Waals surface area contributed by atoms with Crippen LogP contribution in [0.5, 0.6) is 0 Å². The number of likely N-dealkylation sites (tertiary alicyclic amines) is 1. The number of nitrogen functional groups attached to an aromatic ring is 1. The molecular weight excluding hydrogens is 362 g/mol. The number of hydrogen-bond acceptors (Lipinski definition) is 6. The Balaban J connectivity index is 1.63. The fourth-order valence-corrected chi connectivity index (χ4v) is 4.25. The normalized spacial score (nSPS) is 15.6. The van der Waals surface area contributed by atoms with Crippen molar-refractivity contribution in [3.63, 3.8) is 0 Å². The summed E-state index contributed by atoms with van der Waals surface area (Å²) < 4.78 is 6.74. The fraction of sp³-hybridized carbons (Fsp3) is 0.316. The molecule has 1 atom stereocenters. The first-order valence-electron chi connectivity index (χ1n) is 8.99. The molecule has 4 rings (SSSR count). The van der Waals surface area contributed by atoms with E-state index in [0.717, 1.165) is 31.5 Å². The molecule has 0 bridgehead atoms. The number of amides is 1. The zero-order valence-electron chi connectivity index (χ0n) is 14.8. The van der Waals surface area contributed by atoms with Gasteiger partial charge in [0.1, 0.15) is 5.25 Å². The third kappa shape index (κ3) is 3.71. The summed E-state index contributed by atoms with van der Waals surface area (Å²) in [6.45, 7) is 1.60. The second kappa shape index (κ2) is 7.87. The molecule has 3 heterocycles. The lowest BCUT2D eigenvalue weighted by molar-refractivity contribution is -0.131. The second-order valence-corrected chi connectivity index (χ2v) is 7.52. The molecule has 1 aliphatic heterocycles. The number of rotatable bonds is 5. The first-order chi connectivity index (χ1) is 13.2. The third-order valence-corrected chi connectivity index (χ3v) is 5.82. The highest BCUT2D eigenvalue weighted by Crippen LogP contribution is 2.37. The summed E-state index contributed by atoms with van der Waals surface area (Å²) in [5.41, 5.74) is 0.931. The summed E-state index contributed by atoms with van der Waals surface area (Å²) in [6.07, 6.45) is 4.83. The third-order valence-electron chi connectivity index (χ3n) is 4.62. The second-order valence-electron chi connectivity index (χ2n) is 6.45. The Morgan fingerprint density at radius 2 is 1.85 bits per heavy atom. The number of benzene rings is 1. The predicted octanol–water partition coefficient (Wildman–Crippen LogP) is 3.10. The Labute approximate surface area is 161 Å². The topological polar surface area (TPSA) is 90.2 Å². The van der Waals surface area contributed by atoms with Crippen LogP contribution >= 0.6 is 11.8 Å². The molecule has 2 N–H and O–H groups in total.